The summed E-state index contributed by atoms with van der Waals surface area (Å²) in [6.45, 7) is 2.32. The van der Waals surface area contributed by atoms with Crippen molar-refractivity contribution in [1.29, 1.82) is 0 Å². The standard InChI is InChI=1S/C15H21ClN4O2/c16-10-8-12(18-9-10)15(22)19-6-3-11(4-7-19)20-5-1-2-13(20)14(17)21/h8-9,11,13,18H,1-7H2,(H2,17,21)/t13-/m0/s1. The quantitative estimate of drug-likeness (QED) is 0.877. The van der Waals surface area contributed by atoms with E-state index in [1.807, 2.05) is 4.90 Å². The molecule has 0 aromatic carbocycles. The SMILES string of the molecule is NC(=O)[C@@H]1CCCN1C1CCN(C(=O)c2cc(Cl)c[nH]2)CC1. The van der Waals surface area contributed by atoms with Gasteiger partial charge in [0, 0.05) is 25.3 Å². The number of hydrogen-bond donors (Lipinski definition) is 2. The molecule has 2 aliphatic heterocycles. The average Bonchev–Trinajstić information content (AvgIpc) is 3.15. The fourth-order valence-corrected chi connectivity index (χ4v) is 3.76. The highest BCUT2D eigenvalue weighted by molar-refractivity contribution is 6.30. The van der Waals surface area contributed by atoms with Crippen LogP contribution >= 0.6 is 11.6 Å². The molecule has 7 heteroatoms. The van der Waals surface area contributed by atoms with E-state index in [0.717, 1.165) is 32.2 Å². The molecule has 0 saturated carbocycles. The topological polar surface area (TPSA) is 82.4 Å². The minimum absolute atomic E-state index is 0.0155. The average molecular weight is 325 g/mol. The second-order valence-corrected chi connectivity index (χ2v) is 6.49. The van der Waals surface area contributed by atoms with Crippen molar-refractivity contribution >= 4 is 23.4 Å². The molecular weight excluding hydrogens is 304 g/mol. The van der Waals surface area contributed by atoms with Crippen LogP contribution in [0.5, 0.6) is 0 Å². The lowest BCUT2D eigenvalue weighted by Gasteiger charge is -2.38. The first kappa shape index (κ1) is 15.4. The Morgan fingerprint density at radius 3 is 2.55 bits per heavy atom. The van der Waals surface area contributed by atoms with Gasteiger partial charge >= 0.3 is 0 Å². The Morgan fingerprint density at radius 1 is 1.23 bits per heavy atom. The number of amides is 2. The van der Waals surface area contributed by atoms with Gasteiger partial charge in [0.2, 0.25) is 5.91 Å². The molecule has 2 saturated heterocycles. The van der Waals surface area contributed by atoms with E-state index < -0.39 is 0 Å². The molecule has 2 fully saturated rings. The van der Waals surface area contributed by atoms with Gasteiger partial charge in [0.25, 0.3) is 5.91 Å². The van der Waals surface area contributed by atoms with Crippen LogP contribution in [0.1, 0.15) is 36.2 Å². The molecule has 1 aromatic heterocycles. The fraction of sp³-hybridized carbons (Fsp3) is 0.600. The second kappa shape index (κ2) is 6.30. The molecule has 1 aromatic rings. The number of halogens is 1. The third-order valence-electron chi connectivity index (χ3n) is 4.72. The van der Waals surface area contributed by atoms with Gasteiger partial charge in [0.15, 0.2) is 0 Å². The van der Waals surface area contributed by atoms with E-state index in [0.29, 0.717) is 29.8 Å². The Balaban J connectivity index is 1.58. The van der Waals surface area contributed by atoms with Crippen LogP contribution in [0.25, 0.3) is 0 Å². The first-order valence-electron chi connectivity index (χ1n) is 7.74. The highest BCUT2D eigenvalue weighted by Crippen LogP contribution is 2.26. The van der Waals surface area contributed by atoms with Gasteiger partial charge in [-0.2, -0.15) is 0 Å². The number of nitrogens with one attached hydrogen (secondary N) is 1. The van der Waals surface area contributed by atoms with Crippen LogP contribution < -0.4 is 5.73 Å². The maximum Gasteiger partial charge on any atom is 0.270 e. The Morgan fingerprint density at radius 2 is 1.95 bits per heavy atom. The van der Waals surface area contributed by atoms with Crippen LogP contribution in [-0.4, -0.2) is 58.3 Å². The monoisotopic (exact) mass is 324 g/mol. The van der Waals surface area contributed by atoms with E-state index in [1.165, 1.54) is 0 Å². The summed E-state index contributed by atoms with van der Waals surface area (Å²) >= 11 is 5.85. The molecule has 0 bridgehead atoms. The number of aromatic nitrogens is 1. The summed E-state index contributed by atoms with van der Waals surface area (Å²) in [5.41, 5.74) is 6.01. The van der Waals surface area contributed by atoms with Gasteiger partial charge < -0.3 is 15.6 Å². The number of primary amides is 1. The van der Waals surface area contributed by atoms with Crippen molar-refractivity contribution < 1.29 is 9.59 Å². The number of hydrogen-bond acceptors (Lipinski definition) is 3. The van der Waals surface area contributed by atoms with Gasteiger partial charge in [-0.3, -0.25) is 14.5 Å². The number of nitrogens with zero attached hydrogens (tertiary/aromatic N) is 2. The van der Waals surface area contributed by atoms with Crippen molar-refractivity contribution in [3.05, 3.63) is 23.0 Å². The van der Waals surface area contributed by atoms with Gasteiger partial charge in [0.1, 0.15) is 5.69 Å². The minimum Gasteiger partial charge on any atom is -0.368 e. The lowest BCUT2D eigenvalue weighted by atomic mass is 10.0. The van der Waals surface area contributed by atoms with Gasteiger partial charge in [-0.25, -0.2) is 0 Å². The number of rotatable bonds is 3. The molecule has 3 rings (SSSR count). The summed E-state index contributed by atoms with van der Waals surface area (Å²) in [7, 11) is 0. The zero-order valence-corrected chi connectivity index (χ0v) is 13.2. The Bertz CT molecular complexity index is 566. The predicted molar refractivity (Wildman–Crippen MR) is 83.7 cm³/mol. The first-order valence-corrected chi connectivity index (χ1v) is 8.12. The predicted octanol–water partition coefficient (Wildman–Crippen LogP) is 1.22. The highest BCUT2D eigenvalue weighted by Gasteiger charge is 2.36. The number of carbonyl (C=O) groups excluding carboxylic acids is 2. The summed E-state index contributed by atoms with van der Waals surface area (Å²) < 4.78 is 0. The lowest BCUT2D eigenvalue weighted by Crippen LogP contribution is -2.51. The summed E-state index contributed by atoms with van der Waals surface area (Å²) in [5, 5.41) is 0.541. The van der Waals surface area contributed by atoms with Crippen molar-refractivity contribution in [3.63, 3.8) is 0 Å². The lowest BCUT2D eigenvalue weighted by molar-refractivity contribution is -0.123. The zero-order chi connectivity index (χ0) is 15.7. The molecule has 2 amide bonds. The number of piperidine rings is 1. The van der Waals surface area contributed by atoms with E-state index in [-0.39, 0.29) is 17.9 Å². The second-order valence-electron chi connectivity index (χ2n) is 6.05. The molecule has 3 heterocycles. The Kier molecular flexibility index (Phi) is 4.40. The van der Waals surface area contributed by atoms with Crippen molar-refractivity contribution in [1.82, 2.24) is 14.8 Å². The molecule has 2 aliphatic rings. The van der Waals surface area contributed by atoms with Gasteiger partial charge in [-0.1, -0.05) is 11.6 Å². The number of aromatic amines is 1. The molecule has 22 heavy (non-hydrogen) atoms. The fourth-order valence-electron chi connectivity index (χ4n) is 3.59. The molecular formula is C15H21ClN4O2. The van der Waals surface area contributed by atoms with Crippen LogP contribution in [0.3, 0.4) is 0 Å². The minimum atomic E-state index is -0.225. The van der Waals surface area contributed by atoms with E-state index >= 15 is 0 Å². The smallest absolute Gasteiger partial charge is 0.270 e. The number of likely N-dealkylation sites (tertiary alicyclic amines) is 2. The van der Waals surface area contributed by atoms with Gasteiger partial charge in [0.05, 0.1) is 11.1 Å². The Labute approximate surface area is 134 Å². The van der Waals surface area contributed by atoms with Crippen LogP contribution in [0.2, 0.25) is 5.02 Å². The first-order chi connectivity index (χ1) is 10.6. The molecule has 6 nitrogen and oxygen atoms in total. The molecule has 1 atom stereocenters. The van der Waals surface area contributed by atoms with Crippen molar-refractivity contribution in [3.8, 4) is 0 Å². The number of H-pyrrole nitrogens is 1. The maximum atomic E-state index is 12.4. The third kappa shape index (κ3) is 2.98. The molecule has 120 valence electrons. The largest absolute Gasteiger partial charge is 0.368 e. The van der Waals surface area contributed by atoms with Crippen molar-refractivity contribution in [2.45, 2.75) is 37.8 Å². The molecule has 0 aliphatic carbocycles. The van der Waals surface area contributed by atoms with Crippen molar-refractivity contribution in [2.75, 3.05) is 19.6 Å². The van der Waals surface area contributed by atoms with Crippen LogP contribution in [0.4, 0.5) is 0 Å². The summed E-state index contributed by atoms with van der Waals surface area (Å²) in [5.74, 6) is -0.241. The summed E-state index contributed by atoms with van der Waals surface area (Å²) in [6, 6.07) is 1.87. The Hall–Kier alpha value is -1.53. The van der Waals surface area contributed by atoms with E-state index in [9.17, 15) is 9.59 Å². The van der Waals surface area contributed by atoms with E-state index in [4.69, 9.17) is 17.3 Å². The maximum absolute atomic E-state index is 12.4. The van der Waals surface area contributed by atoms with E-state index in [1.54, 1.807) is 12.3 Å². The zero-order valence-electron chi connectivity index (χ0n) is 12.4. The van der Waals surface area contributed by atoms with Crippen LogP contribution in [-0.2, 0) is 4.79 Å². The third-order valence-corrected chi connectivity index (χ3v) is 4.94. The van der Waals surface area contributed by atoms with Gasteiger partial charge in [-0.05, 0) is 38.3 Å². The number of carbonyl (C=O) groups is 2. The number of nitrogens with two attached hydrogens (primary N) is 1. The molecule has 0 spiro atoms. The molecule has 3 N–H and O–H groups in total. The summed E-state index contributed by atoms with van der Waals surface area (Å²) in [6.07, 6.45) is 5.25. The summed E-state index contributed by atoms with van der Waals surface area (Å²) in [4.78, 5) is 30.8. The molecule has 0 unspecified atom stereocenters. The normalized spacial score (nSPS) is 23.9. The highest BCUT2D eigenvalue weighted by atomic mass is 35.5. The van der Waals surface area contributed by atoms with Crippen LogP contribution in [0.15, 0.2) is 12.3 Å². The van der Waals surface area contributed by atoms with E-state index in [2.05, 4.69) is 9.88 Å². The van der Waals surface area contributed by atoms with Crippen LogP contribution in [0, 0.1) is 0 Å². The van der Waals surface area contributed by atoms with Gasteiger partial charge in [-0.15, -0.1) is 0 Å². The van der Waals surface area contributed by atoms with Crippen molar-refractivity contribution in [2.24, 2.45) is 5.73 Å². The molecule has 0 radical (unpaired) electrons.